The summed E-state index contributed by atoms with van der Waals surface area (Å²) >= 11 is 1.65. The Morgan fingerprint density at radius 3 is 2.50 bits per heavy atom. The topological polar surface area (TPSA) is 65.1 Å². The Kier molecular flexibility index (Phi) is 6.84. The molecule has 0 N–H and O–H groups in total. The van der Waals surface area contributed by atoms with Crippen molar-refractivity contribution >= 4 is 35.3 Å². The number of aromatic nitrogens is 4. The molecule has 6 nitrogen and oxygen atoms in total. The number of rotatable bonds is 7. The number of benzene rings is 2. The van der Waals surface area contributed by atoms with Crippen molar-refractivity contribution in [3.8, 4) is 11.4 Å². The molecule has 0 saturated heterocycles. The number of thioether (sulfide) groups is 1. The molecule has 0 radical (unpaired) electrons. The van der Waals surface area contributed by atoms with Crippen LogP contribution in [-0.2, 0) is 13.6 Å². The van der Waals surface area contributed by atoms with Crippen LogP contribution in [0.4, 0.5) is 0 Å². The molecule has 0 unspecified atom stereocenters. The molecule has 0 atom stereocenters. The van der Waals surface area contributed by atoms with Crippen LogP contribution in [0.5, 0.6) is 0 Å². The highest BCUT2D eigenvalue weighted by atomic mass is 32.2. The van der Waals surface area contributed by atoms with Crippen molar-refractivity contribution in [1.82, 2.24) is 19.1 Å². The molecule has 0 bridgehead atoms. The zero-order valence-corrected chi connectivity index (χ0v) is 21.1. The molecule has 4 rings (SSSR count). The molecular formula is C27H29N5OS. The van der Waals surface area contributed by atoms with E-state index in [0.29, 0.717) is 29.5 Å². The molecule has 174 valence electrons. The highest BCUT2D eigenvalue weighted by molar-refractivity contribution is 8.02. The number of fused-ring (bicyclic) bond motifs is 1. The molecule has 0 saturated carbocycles. The highest BCUT2D eigenvalue weighted by Crippen LogP contribution is 2.28. The summed E-state index contributed by atoms with van der Waals surface area (Å²) in [5.41, 5.74) is 6.29. The fourth-order valence-corrected chi connectivity index (χ4v) is 4.48. The van der Waals surface area contributed by atoms with Gasteiger partial charge in [-0.05, 0) is 36.9 Å². The lowest BCUT2D eigenvalue weighted by Gasteiger charge is -2.12. The van der Waals surface area contributed by atoms with E-state index in [-0.39, 0.29) is 5.69 Å². The van der Waals surface area contributed by atoms with E-state index in [0.717, 1.165) is 27.3 Å². The summed E-state index contributed by atoms with van der Waals surface area (Å²) < 4.78 is 3.31. The predicted octanol–water partition coefficient (Wildman–Crippen LogP) is 5.72. The van der Waals surface area contributed by atoms with Crippen LogP contribution in [0.1, 0.15) is 43.4 Å². The van der Waals surface area contributed by atoms with E-state index in [9.17, 15) is 4.79 Å². The SMILES string of the molecule is C=N/C(=C(/C)SC)c1ccc(Cn2c(=O)n(C)c3cnc(-c4ccccc4C(C)C)nc32)cc1. The number of aliphatic imine (C=N–C) groups is 1. The van der Waals surface area contributed by atoms with Gasteiger partial charge in [0.15, 0.2) is 11.5 Å². The van der Waals surface area contributed by atoms with E-state index in [1.165, 1.54) is 5.56 Å². The van der Waals surface area contributed by atoms with Crippen molar-refractivity contribution in [3.63, 3.8) is 0 Å². The summed E-state index contributed by atoms with van der Waals surface area (Å²) in [5.74, 6) is 0.969. The van der Waals surface area contributed by atoms with Crippen molar-refractivity contribution in [3.05, 3.63) is 86.8 Å². The van der Waals surface area contributed by atoms with Crippen LogP contribution in [0.25, 0.3) is 28.2 Å². The molecule has 2 aromatic heterocycles. The summed E-state index contributed by atoms with van der Waals surface area (Å²) in [6, 6.07) is 16.3. The average molecular weight is 472 g/mol. The molecule has 34 heavy (non-hydrogen) atoms. The summed E-state index contributed by atoms with van der Waals surface area (Å²) in [5, 5.41) is 0. The number of imidazole rings is 1. The van der Waals surface area contributed by atoms with Gasteiger partial charge in [-0.25, -0.2) is 14.8 Å². The molecule has 0 aliphatic carbocycles. The summed E-state index contributed by atoms with van der Waals surface area (Å²) in [4.78, 5) is 27.8. The van der Waals surface area contributed by atoms with E-state index < -0.39 is 0 Å². The summed E-state index contributed by atoms with van der Waals surface area (Å²) in [6.07, 6.45) is 3.77. The molecule has 0 fully saturated rings. The average Bonchev–Trinajstić information content (AvgIpc) is 3.09. The van der Waals surface area contributed by atoms with E-state index in [1.807, 2.05) is 55.6 Å². The lowest BCUT2D eigenvalue weighted by Crippen LogP contribution is -2.22. The standard InChI is InChI=1S/C27H29N5OS/c1-17(2)21-9-7-8-10-22(21)25-29-15-23-26(30-25)32(27(33)31(23)5)16-19-11-13-20(14-12-19)24(28-4)18(3)34-6/h7-15,17H,4,16H2,1-3,5-6H3/b24-18-. The molecule has 2 aromatic carbocycles. The number of hydrogen-bond acceptors (Lipinski definition) is 5. The lowest BCUT2D eigenvalue weighted by molar-refractivity contribution is 0.731. The third kappa shape index (κ3) is 4.35. The normalized spacial score (nSPS) is 12.3. The Bertz CT molecular complexity index is 1440. The van der Waals surface area contributed by atoms with Gasteiger partial charge in [0.25, 0.3) is 0 Å². The van der Waals surface area contributed by atoms with Crippen LogP contribution in [0.15, 0.2) is 69.4 Å². The Morgan fingerprint density at radius 1 is 1.15 bits per heavy atom. The lowest BCUT2D eigenvalue weighted by atomic mass is 9.97. The van der Waals surface area contributed by atoms with Gasteiger partial charge >= 0.3 is 5.69 Å². The van der Waals surface area contributed by atoms with Gasteiger partial charge in [-0.1, -0.05) is 62.4 Å². The van der Waals surface area contributed by atoms with E-state index >= 15 is 0 Å². The van der Waals surface area contributed by atoms with Crippen LogP contribution in [-0.4, -0.2) is 32.1 Å². The first kappa shape index (κ1) is 23.7. The maximum absolute atomic E-state index is 13.1. The van der Waals surface area contributed by atoms with Crippen molar-refractivity contribution in [2.45, 2.75) is 33.2 Å². The summed E-state index contributed by atoms with van der Waals surface area (Å²) in [7, 11) is 1.76. The van der Waals surface area contributed by atoms with E-state index in [4.69, 9.17) is 4.98 Å². The highest BCUT2D eigenvalue weighted by Gasteiger charge is 2.17. The fourth-order valence-electron chi connectivity index (χ4n) is 4.11. The fraction of sp³-hybridized carbons (Fsp3) is 0.259. The third-order valence-corrected chi connectivity index (χ3v) is 6.88. The second kappa shape index (κ2) is 9.81. The van der Waals surface area contributed by atoms with Crippen LogP contribution >= 0.6 is 11.8 Å². The minimum Gasteiger partial charge on any atom is -0.292 e. The zero-order valence-electron chi connectivity index (χ0n) is 20.2. The Morgan fingerprint density at radius 2 is 1.85 bits per heavy atom. The largest absolute Gasteiger partial charge is 0.330 e. The Balaban J connectivity index is 1.77. The van der Waals surface area contributed by atoms with E-state index in [2.05, 4.69) is 36.6 Å². The van der Waals surface area contributed by atoms with E-state index in [1.54, 1.807) is 34.1 Å². The second-order valence-corrected chi connectivity index (χ2v) is 9.56. The van der Waals surface area contributed by atoms with Crippen LogP contribution in [0.3, 0.4) is 0 Å². The van der Waals surface area contributed by atoms with Crippen molar-refractivity contribution < 1.29 is 0 Å². The molecule has 7 heteroatoms. The number of allylic oxidation sites excluding steroid dienone is 1. The molecule has 0 spiro atoms. The first-order chi connectivity index (χ1) is 16.3. The zero-order chi connectivity index (χ0) is 24.4. The summed E-state index contributed by atoms with van der Waals surface area (Å²) in [6.45, 7) is 10.5. The van der Waals surface area contributed by atoms with Gasteiger partial charge < -0.3 is 0 Å². The van der Waals surface area contributed by atoms with Crippen LogP contribution in [0.2, 0.25) is 0 Å². The van der Waals surface area contributed by atoms with Gasteiger partial charge in [0.2, 0.25) is 0 Å². The number of hydrogen-bond donors (Lipinski definition) is 0. The maximum atomic E-state index is 13.1. The third-order valence-electron chi connectivity index (χ3n) is 6.07. The van der Waals surface area contributed by atoms with Gasteiger partial charge in [-0.3, -0.25) is 14.1 Å². The molecule has 2 heterocycles. The molecular weight excluding hydrogens is 442 g/mol. The van der Waals surface area contributed by atoms with Crippen LogP contribution < -0.4 is 5.69 Å². The van der Waals surface area contributed by atoms with Crippen molar-refractivity contribution in [1.29, 1.82) is 0 Å². The van der Waals surface area contributed by atoms with Gasteiger partial charge in [0.1, 0.15) is 5.52 Å². The quantitative estimate of drug-likeness (QED) is 0.323. The smallest absolute Gasteiger partial charge is 0.292 e. The van der Waals surface area contributed by atoms with Crippen LogP contribution in [0, 0.1) is 0 Å². The van der Waals surface area contributed by atoms with Crippen molar-refractivity contribution in [2.24, 2.45) is 12.0 Å². The van der Waals surface area contributed by atoms with Crippen molar-refractivity contribution in [2.75, 3.05) is 6.26 Å². The second-order valence-electron chi connectivity index (χ2n) is 8.54. The van der Waals surface area contributed by atoms with Gasteiger partial charge in [-0.15, -0.1) is 11.8 Å². The number of aryl methyl sites for hydroxylation is 1. The van der Waals surface area contributed by atoms with Gasteiger partial charge in [0.05, 0.1) is 18.4 Å². The predicted molar refractivity (Wildman–Crippen MR) is 143 cm³/mol. The van der Waals surface area contributed by atoms with Gasteiger partial charge in [-0.2, -0.15) is 0 Å². The minimum absolute atomic E-state index is 0.116. The maximum Gasteiger partial charge on any atom is 0.330 e. The molecule has 4 aromatic rings. The Labute approximate surface area is 204 Å². The first-order valence-corrected chi connectivity index (χ1v) is 12.4. The first-order valence-electron chi connectivity index (χ1n) is 11.2. The monoisotopic (exact) mass is 471 g/mol. The Hall–Kier alpha value is -3.45. The minimum atomic E-state index is -0.116. The van der Waals surface area contributed by atoms with Gasteiger partial charge in [0, 0.05) is 23.1 Å². The molecule has 0 aliphatic rings. The molecule has 0 aliphatic heterocycles. The molecule has 0 amide bonds. The number of nitrogens with zero attached hydrogens (tertiary/aromatic N) is 5.